The lowest BCUT2D eigenvalue weighted by molar-refractivity contribution is -0.113. The van der Waals surface area contributed by atoms with Crippen LogP contribution in [0.3, 0.4) is 0 Å². The van der Waals surface area contributed by atoms with Crippen LogP contribution in [0.25, 0.3) is 27.1 Å². The predicted molar refractivity (Wildman–Crippen MR) is 88.6 cm³/mol. The van der Waals surface area contributed by atoms with Crippen LogP contribution in [0.5, 0.6) is 0 Å². The molecule has 0 heterocycles. The summed E-state index contributed by atoms with van der Waals surface area (Å²) in [5, 5.41) is 4.10. The summed E-state index contributed by atoms with van der Waals surface area (Å²) in [7, 11) is 0. The summed E-state index contributed by atoms with van der Waals surface area (Å²) in [6.07, 6.45) is 4.11. The van der Waals surface area contributed by atoms with Gasteiger partial charge in [0.05, 0.1) is 0 Å². The molecule has 0 N–H and O–H groups in total. The number of hydrogen-bond acceptors (Lipinski definition) is 2. The Labute approximate surface area is 127 Å². The first-order valence-electron chi connectivity index (χ1n) is 7.13. The molecule has 0 amide bonds. The minimum Gasteiger partial charge on any atom is -0.290 e. The molecule has 0 aliphatic heterocycles. The summed E-state index contributed by atoms with van der Waals surface area (Å²) < 4.78 is 0. The molecule has 0 radical (unpaired) electrons. The molecule has 0 atom stereocenters. The first kappa shape index (κ1) is 12.7. The second kappa shape index (κ2) is 4.78. The molecule has 0 fully saturated rings. The molecule has 0 aromatic heterocycles. The lowest BCUT2D eigenvalue weighted by atomic mass is 9.88. The van der Waals surface area contributed by atoms with Gasteiger partial charge in [-0.05, 0) is 45.8 Å². The maximum absolute atomic E-state index is 12.3. The van der Waals surface area contributed by atoms with Crippen molar-refractivity contribution < 1.29 is 9.59 Å². The molecule has 0 bridgehead atoms. The van der Waals surface area contributed by atoms with E-state index in [1.54, 1.807) is 0 Å². The first-order chi connectivity index (χ1) is 10.7. The number of carbonyl (C=O) groups excluding carboxylic acids is 2. The van der Waals surface area contributed by atoms with E-state index in [-0.39, 0.29) is 11.6 Å². The average molecular weight is 284 g/mol. The molecule has 104 valence electrons. The fourth-order valence-electron chi connectivity index (χ4n) is 3.01. The van der Waals surface area contributed by atoms with Crippen molar-refractivity contribution in [2.45, 2.75) is 0 Å². The van der Waals surface area contributed by atoms with E-state index in [0.29, 0.717) is 5.57 Å². The van der Waals surface area contributed by atoms with Crippen molar-refractivity contribution >= 4 is 38.7 Å². The maximum atomic E-state index is 12.3. The van der Waals surface area contributed by atoms with Crippen molar-refractivity contribution in [1.82, 2.24) is 0 Å². The molecule has 3 aromatic rings. The Morgan fingerprint density at radius 1 is 0.682 bits per heavy atom. The van der Waals surface area contributed by atoms with E-state index in [1.807, 2.05) is 48.5 Å². The van der Waals surface area contributed by atoms with E-state index in [1.165, 1.54) is 18.2 Å². The highest BCUT2D eigenvalue weighted by molar-refractivity contribution is 6.37. The summed E-state index contributed by atoms with van der Waals surface area (Å²) >= 11 is 0. The monoisotopic (exact) mass is 284 g/mol. The van der Waals surface area contributed by atoms with Gasteiger partial charge >= 0.3 is 0 Å². The molecule has 2 nitrogen and oxygen atoms in total. The third kappa shape index (κ3) is 1.89. The largest absolute Gasteiger partial charge is 0.290 e. The van der Waals surface area contributed by atoms with Crippen molar-refractivity contribution in [3.63, 3.8) is 0 Å². The number of rotatable bonds is 1. The third-order valence-corrected chi connectivity index (χ3v) is 3.99. The Hall–Kier alpha value is -3.00. The van der Waals surface area contributed by atoms with Crippen LogP contribution in [0.1, 0.15) is 5.56 Å². The van der Waals surface area contributed by atoms with Gasteiger partial charge in [-0.1, -0.05) is 48.5 Å². The number of hydrogen-bond donors (Lipinski definition) is 0. The van der Waals surface area contributed by atoms with Crippen molar-refractivity contribution in [1.29, 1.82) is 0 Å². The normalized spacial score (nSPS) is 14.6. The van der Waals surface area contributed by atoms with Crippen LogP contribution in [0.2, 0.25) is 0 Å². The van der Waals surface area contributed by atoms with Crippen molar-refractivity contribution in [3.05, 3.63) is 78.4 Å². The van der Waals surface area contributed by atoms with Crippen LogP contribution in [-0.2, 0) is 9.59 Å². The van der Waals surface area contributed by atoms with Crippen molar-refractivity contribution in [3.8, 4) is 0 Å². The Bertz CT molecular complexity index is 953. The summed E-state index contributed by atoms with van der Waals surface area (Å²) in [4.78, 5) is 24.1. The molecule has 1 aliphatic carbocycles. The Morgan fingerprint density at radius 2 is 1.27 bits per heavy atom. The molecule has 3 aromatic carbocycles. The van der Waals surface area contributed by atoms with Crippen LogP contribution >= 0.6 is 0 Å². The maximum Gasteiger partial charge on any atom is 0.186 e. The molecule has 22 heavy (non-hydrogen) atoms. The van der Waals surface area contributed by atoms with Crippen LogP contribution in [-0.4, -0.2) is 11.6 Å². The second-order valence-electron chi connectivity index (χ2n) is 5.35. The zero-order valence-electron chi connectivity index (χ0n) is 11.7. The molecule has 0 saturated carbocycles. The molecular weight excluding hydrogens is 272 g/mol. The van der Waals surface area contributed by atoms with Gasteiger partial charge < -0.3 is 0 Å². The van der Waals surface area contributed by atoms with E-state index in [2.05, 4.69) is 6.07 Å². The number of benzene rings is 3. The van der Waals surface area contributed by atoms with Gasteiger partial charge in [0.25, 0.3) is 0 Å². The first-order valence-corrected chi connectivity index (χ1v) is 7.13. The lowest BCUT2D eigenvalue weighted by Gasteiger charge is -2.14. The molecule has 0 spiro atoms. The SMILES string of the molecule is O=C1C=CC(=O)C(c2c3ccccc3cc3ccccc23)=C1. The van der Waals surface area contributed by atoms with Crippen LogP contribution in [0, 0.1) is 0 Å². The fraction of sp³-hybridized carbons (Fsp3) is 0. The van der Waals surface area contributed by atoms with Crippen molar-refractivity contribution in [2.75, 3.05) is 0 Å². The topological polar surface area (TPSA) is 34.1 Å². The van der Waals surface area contributed by atoms with Gasteiger partial charge in [-0.15, -0.1) is 0 Å². The highest BCUT2D eigenvalue weighted by Gasteiger charge is 2.19. The van der Waals surface area contributed by atoms with Gasteiger partial charge in [-0.3, -0.25) is 9.59 Å². The van der Waals surface area contributed by atoms with E-state index >= 15 is 0 Å². The molecule has 1 aliphatic rings. The van der Waals surface area contributed by atoms with Gasteiger partial charge in [0, 0.05) is 11.1 Å². The smallest absolute Gasteiger partial charge is 0.186 e. The number of ketones is 2. The Balaban J connectivity index is 2.18. The zero-order valence-corrected chi connectivity index (χ0v) is 11.7. The van der Waals surface area contributed by atoms with E-state index in [9.17, 15) is 9.59 Å². The number of fused-ring (bicyclic) bond motifs is 2. The average Bonchev–Trinajstić information content (AvgIpc) is 2.55. The number of allylic oxidation sites excluding steroid dienone is 4. The van der Waals surface area contributed by atoms with Crippen LogP contribution in [0.15, 0.2) is 72.8 Å². The highest BCUT2D eigenvalue weighted by Crippen LogP contribution is 2.34. The van der Waals surface area contributed by atoms with Gasteiger partial charge in [0.1, 0.15) is 0 Å². The lowest BCUT2D eigenvalue weighted by Crippen LogP contribution is -2.07. The summed E-state index contributed by atoms with van der Waals surface area (Å²) in [6, 6.07) is 18.0. The summed E-state index contributed by atoms with van der Waals surface area (Å²) in [6.45, 7) is 0. The highest BCUT2D eigenvalue weighted by atomic mass is 16.1. The third-order valence-electron chi connectivity index (χ3n) is 3.99. The molecule has 0 unspecified atom stereocenters. The molecule has 4 rings (SSSR count). The predicted octanol–water partition coefficient (Wildman–Crippen LogP) is 4.08. The van der Waals surface area contributed by atoms with Gasteiger partial charge in [0.2, 0.25) is 0 Å². The number of carbonyl (C=O) groups is 2. The van der Waals surface area contributed by atoms with Crippen LogP contribution in [0.4, 0.5) is 0 Å². The van der Waals surface area contributed by atoms with E-state index < -0.39 is 0 Å². The standard InChI is InChI=1S/C20H12O2/c21-15-9-10-19(22)18(12-15)20-16-7-3-1-5-13(16)11-14-6-2-4-8-17(14)20/h1-12H. The summed E-state index contributed by atoms with van der Waals surface area (Å²) in [5.41, 5.74) is 1.32. The van der Waals surface area contributed by atoms with Crippen LogP contribution < -0.4 is 0 Å². The summed E-state index contributed by atoms with van der Waals surface area (Å²) in [5.74, 6) is -0.271. The molecular formula is C20H12O2. The van der Waals surface area contributed by atoms with E-state index in [0.717, 1.165) is 27.1 Å². The van der Waals surface area contributed by atoms with E-state index in [4.69, 9.17) is 0 Å². The van der Waals surface area contributed by atoms with Gasteiger partial charge in [0.15, 0.2) is 11.6 Å². The van der Waals surface area contributed by atoms with Gasteiger partial charge in [-0.2, -0.15) is 0 Å². The fourth-order valence-corrected chi connectivity index (χ4v) is 3.01. The molecule has 0 saturated heterocycles. The Kier molecular flexibility index (Phi) is 2.76. The second-order valence-corrected chi connectivity index (χ2v) is 5.35. The van der Waals surface area contributed by atoms with Crippen molar-refractivity contribution in [2.24, 2.45) is 0 Å². The Morgan fingerprint density at radius 3 is 1.91 bits per heavy atom. The van der Waals surface area contributed by atoms with Gasteiger partial charge in [-0.25, -0.2) is 0 Å². The zero-order chi connectivity index (χ0) is 15.1. The minimum atomic E-state index is -0.147. The molecule has 2 heteroatoms. The quantitative estimate of drug-likeness (QED) is 0.498. The minimum absolute atomic E-state index is 0.124.